The predicted octanol–water partition coefficient (Wildman–Crippen LogP) is 1.49. The van der Waals surface area contributed by atoms with Gasteiger partial charge < -0.3 is 10.1 Å². The Bertz CT molecular complexity index is 184. The highest BCUT2D eigenvalue weighted by atomic mass is 32.2. The second-order valence-electron chi connectivity index (χ2n) is 3.22. The lowest BCUT2D eigenvalue weighted by molar-refractivity contribution is 0.110. The van der Waals surface area contributed by atoms with Crippen LogP contribution in [0, 0.1) is 0 Å². The normalized spacial score (nSPS) is 24.8. The maximum atomic E-state index is 5.19. The van der Waals surface area contributed by atoms with E-state index in [0.717, 1.165) is 18.3 Å². The first-order valence-electron chi connectivity index (χ1n) is 4.74. The smallest absolute Gasteiger partial charge is 0.156 e. The van der Waals surface area contributed by atoms with E-state index in [9.17, 15) is 0 Å². The second-order valence-corrected chi connectivity index (χ2v) is 4.65. The Morgan fingerprint density at radius 3 is 3.00 bits per heavy atom. The molecule has 2 unspecified atom stereocenters. The molecule has 0 aromatic rings. The van der Waals surface area contributed by atoms with Crippen LogP contribution in [0.3, 0.4) is 0 Å². The lowest BCUT2D eigenvalue weighted by Crippen LogP contribution is -2.39. The van der Waals surface area contributed by atoms with Crippen LogP contribution in [0.5, 0.6) is 0 Å². The molecule has 0 radical (unpaired) electrons. The van der Waals surface area contributed by atoms with E-state index in [2.05, 4.69) is 24.2 Å². The molecule has 0 aromatic carbocycles. The minimum atomic E-state index is 0.251. The number of aliphatic imine (C=N–C) groups is 1. The first kappa shape index (κ1) is 10.9. The number of methoxy groups -OCH3 is 1. The van der Waals surface area contributed by atoms with Gasteiger partial charge in [-0.2, -0.15) is 0 Å². The molecule has 0 fully saturated rings. The van der Waals surface area contributed by atoms with E-state index in [-0.39, 0.29) is 6.10 Å². The molecular weight excluding hydrogens is 184 g/mol. The molecule has 4 heteroatoms. The molecular formula is C9H18N2OS. The van der Waals surface area contributed by atoms with Gasteiger partial charge in [0, 0.05) is 18.9 Å². The Labute approximate surface area is 84.3 Å². The average Bonchev–Trinajstić information content (AvgIpc) is 2.19. The van der Waals surface area contributed by atoms with E-state index in [0.29, 0.717) is 5.25 Å². The number of amidine groups is 1. The molecule has 13 heavy (non-hydrogen) atoms. The van der Waals surface area contributed by atoms with Crippen molar-refractivity contribution in [1.82, 2.24) is 5.32 Å². The summed E-state index contributed by atoms with van der Waals surface area (Å²) in [5.41, 5.74) is 0. The molecule has 1 rings (SSSR count). The molecule has 1 heterocycles. The van der Waals surface area contributed by atoms with Gasteiger partial charge in [0.2, 0.25) is 0 Å². The Hall–Kier alpha value is -0.220. The number of rotatable bonds is 3. The third kappa shape index (κ3) is 3.56. The first-order valence-corrected chi connectivity index (χ1v) is 5.62. The average molecular weight is 202 g/mol. The quantitative estimate of drug-likeness (QED) is 0.753. The van der Waals surface area contributed by atoms with Crippen molar-refractivity contribution in [2.75, 3.05) is 20.2 Å². The maximum Gasteiger partial charge on any atom is 0.156 e. The van der Waals surface area contributed by atoms with Crippen molar-refractivity contribution in [3.8, 4) is 0 Å². The largest absolute Gasteiger partial charge is 0.378 e. The summed E-state index contributed by atoms with van der Waals surface area (Å²) in [7, 11) is 1.73. The van der Waals surface area contributed by atoms with Crippen LogP contribution in [-0.2, 0) is 4.74 Å². The fourth-order valence-corrected chi connectivity index (χ4v) is 1.88. The zero-order valence-electron chi connectivity index (χ0n) is 8.54. The van der Waals surface area contributed by atoms with Crippen molar-refractivity contribution in [2.24, 2.45) is 4.99 Å². The van der Waals surface area contributed by atoms with E-state index >= 15 is 0 Å². The molecule has 1 aliphatic rings. The molecule has 1 aliphatic heterocycles. The minimum Gasteiger partial charge on any atom is -0.378 e. The summed E-state index contributed by atoms with van der Waals surface area (Å²) in [5.74, 6) is 0. The van der Waals surface area contributed by atoms with E-state index in [1.54, 1.807) is 7.11 Å². The van der Waals surface area contributed by atoms with Gasteiger partial charge in [0.05, 0.1) is 12.6 Å². The van der Waals surface area contributed by atoms with Gasteiger partial charge in [-0.25, -0.2) is 0 Å². The summed E-state index contributed by atoms with van der Waals surface area (Å²) in [6, 6.07) is 0. The number of hydrogen-bond donors (Lipinski definition) is 1. The van der Waals surface area contributed by atoms with E-state index in [1.807, 2.05) is 11.8 Å². The van der Waals surface area contributed by atoms with Crippen LogP contribution < -0.4 is 5.32 Å². The van der Waals surface area contributed by atoms with Crippen molar-refractivity contribution in [3.05, 3.63) is 0 Å². The molecule has 76 valence electrons. The summed E-state index contributed by atoms with van der Waals surface area (Å²) in [6.07, 6.45) is 1.43. The molecule has 1 N–H and O–H groups in total. The number of nitrogens with one attached hydrogen (secondary N) is 1. The Balaban J connectivity index is 2.33. The van der Waals surface area contributed by atoms with Crippen LogP contribution >= 0.6 is 11.8 Å². The molecule has 2 atom stereocenters. The fourth-order valence-electron chi connectivity index (χ4n) is 1.02. The van der Waals surface area contributed by atoms with Crippen LogP contribution in [0.15, 0.2) is 4.99 Å². The summed E-state index contributed by atoms with van der Waals surface area (Å²) < 4.78 is 5.19. The molecule has 0 saturated heterocycles. The third-order valence-electron chi connectivity index (χ3n) is 2.14. The van der Waals surface area contributed by atoms with Gasteiger partial charge in [0.25, 0.3) is 0 Å². The van der Waals surface area contributed by atoms with Gasteiger partial charge >= 0.3 is 0 Å². The van der Waals surface area contributed by atoms with Crippen molar-refractivity contribution in [1.29, 1.82) is 0 Å². The van der Waals surface area contributed by atoms with E-state index < -0.39 is 0 Å². The third-order valence-corrected chi connectivity index (χ3v) is 3.37. The van der Waals surface area contributed by atoms with Gasteiger partial charge in [0.15, 0.2) is 5.17 Å². The highest BCUT2D eigenvalue weighted by molar-refractivity contribution is 8.14. The van der Waals surface area contributed by atoms with Gasteiger partial charge in [-0.1, -0.05) is 25.6 Å². The zero-order valence-corrected chi connectivity index (χ0v) is 9.36. The molecule has 0 amide bonds. The topological polar surface area (TPSA) is 33.6 Å². The van der Waals surface area contributed by atoms with Crippen LogP contribution in [0.1, 0.15) is 20.3 Å². The predicted molar refractivity (Wildman–Crippen MR) is 58.4 cm³/mol. The minimum absolute atomic E-state index is 0.251. The summed E-state index contributed by atoms with van der Waals surface area (Å²) in [4.78, 5) is 4.41. The maximum absolute atomic E-state index is 5.19. The standard InChI is InChI=1S/C9H18N2OS/c1-4-7(2)13-9-10-5-8(12-3)6-11-9/h7-8H,4-6H2,1-3H3,(H,10,11). The van der Waals surface area contributed by atoms with Crippen LogP contribution in [-0.4, -0.2) is 36.7 Å². The number of nitrogens with zero attached hydrogens (tertiary/aromatic N) is 1. The van der Waals surface area contributed by atoms with E-state index in [4.69, 9.17) is 4.74 Å². The highest BCUT2D eigenvalue weighted by Gasteiger charge is 2.15. The van der Waals surface area contributed by atoms with Crippen LogP contribution in [0.25, 0.3) is 0 Å². The highest BCUT2D eigenvalue weighted by Crippen LogP contribution is 2.16. The van der Waals surface area contributed by atoms with Crippen molar-refractivity contribution >= 4 is 16.9 Å². The lowest BCUT2D eigenvalue weighted by atomic mass is 10.3. The van der Waals surface area contributed by atoms with Crippen molar-refractivity contribution in [3.63, 3.8) is 0 Å². The molecule has 0 saturated carbocycles. The van der Waals surface area contributed by atoms with Crippen molar-refractivity contribution < 1.29 is 4.74 Å². The lowest BCUT2D eigenvalue weighted by Gasteiger charge is -2.22. The molecule has 3 nitrogen and oxygen atoms in total. The summed E-state index contributed by atoms with van der Waals surface area (Å²) >= 11 is 1.82. The molecule has 0 aliphatic carbocycles. The second kappa shape index (κ2) is 5.50. The SMILES string of the molecule is CCC(C)SC1=NCC(OC)CN1. The molecule has 0 spiro atoms. The van der Waals surface area contributed by atoms with Gasteiger partial charge in [0.1, 0.15) is 0 Å². The number of hydrogen-bond acceptors (Lipinski definition) is 4. The first-order chi connectivity index (χ1) is 6.26. The fraction of sp³-hybridized carbons (Fsp3) is 0.889. The summed E-state index contributed by atoms with van der Waals surface area (Å²) in [5, 5.41) is 4.99. The molecule has 0 bridgehead atoms. The molecule has 0 aromatic heterocycles. The van der Waals surface area contributed by atoms with E-state index in [1.165, 1.54) is 6.42 Å². The Kier molecular flexibility index (Phi) is 4.59. The van der Waals surface area contributed by atoms with Gasteiger partial charge in [-0.05, 0) is 6.42 Å². The Morgan fingerprint density at radius 1 is 1.77 bits per heavy atom. The van der Waals surface area contributed by atoms with Crippen LogP contribution in [0.2, 0.25) is 0 Å². The Morgan fingerprint density at radius 2 is 2.54 bits per heavy atom. The van der Waals surface area contributed by atoms with Gasteiger partial charge in [-0.3, -0.25) is 4.99 Å². The zero-order chi connectivity index (χ0) is 9.68. The van der Waals surface area contributed by atoms with Gasteiger partial charge in [-0.15, -0.1) is 0 Å². The number of thioether (sulfide) groups is 1. The summed E-state index contributed by atoms with van der Waals surface area (Å²) in [6.45, 7) is 6.09. The van der Waals surface area contributed by atoms with Crippen molar-refractivity contribution in [2.45, 2.75) is 31.6 Å². The number of ether oxygens (including phenoxy) is 1. The monoisotopic (exact) mass is 202 g/mol. The van der Waals surface area contributed by atoms with Crippen LogP contribution in [0.4, 0.5) is 0 Å².